The van der Waals surface area contributed by atoms with Crippen LogP contribution in [0.25, 0.3) is 0 Å². The molecule has 1 aromatic heterocycles. The maximum absolute atomic E-state index is 9.23. The number of rotatable bonds is 1. The smallest absolute Gasteiger partial charge is 0.229 e. The van der Waals surface area contributed by atoms with Crippen molar-refractivity contribution in [3.63, 3.8) is 0 Å². The van der Waals surface area contributed by atoms with Gasteiger partial charge in [0.1, 0.15) is 5.82 Å². The Morgan fingerprint density at radius 2 is 2.08 bits per heavy atom. The van der Waals surface area contributed by atoms with E-state index in [0.717, 1.165) is 5.82 Å². The molecule has 1 saturated carbocycles. The summed E-state index contributed by atoms with van der Waals surface area (Å²) in [7, 11) is 1.96. The van der Waals surface area contributed by atoms with E-state index in [1.54, 1.807) is 6.20 Å². The largest absolute Gasteiger partial charge is 0.492 e. The quantitative estimate of drug-likeness (QED) is 0.719. The van der Waals surface area contributed by atoms with Crippen molar-refractivity contribution < 1.29 is 5.11 Å². The molecule has 0 bridgehead atoms. The van der Waals surface area contributed by atoms with Gasteiger partial charge in [0.15, 0.2) is 0 Å². The van der Waals surface area contributed by atoms with Crippen LogP contribution >= 0.6 is 0 Å². The first-order chi connectivity index (χ1) is 6.27. The van der Waals surface area contributed by atoms with Gasteiger partial charge in [0.2, 0.25) is 5.88 Å². The average Bonchev–Trinajstić information content (AvgIpc) is 2.47. The molecule has 72 valence electrons. The number of nitrogens with zero attached hydrogens (tertiary/aromatic N) is 2. The van der Waals surface area contributed by atoms with Gasteiger partial charge in [0.05, 0.1) is 6.20 Å². The second-order valence-corrected chi connectivity index (χ2v) is 3.90. The van der Waals surface area contributed by atoms with Crippen LogP contribution < -0.4 is 0 Å². The SMILES string of the molecule is Cn1cc(O)nc1C1CCCCC1. The van der Waals surface area contributed by atoms with Gasteiger partial charge < -0.3 is 9.67 Å². The Bertz CT molecular complexity index is 287. The molecule has 0 aromatic carbocycles. The van der Waals surface area contributed by atoms with E-state index in [1.807, 2.05) is 11.6 Å². The number of imidazole rings is 1. The van der Waals surface area contributed by atoms with E-state index in [1.165, 1.54) is 32.1 Å². The second-order valence-electron chi connectivity index (χ2n) is 3.90. The molecule has 0 unspecified atom stereocenters. The molecule has 1 heterocycles. The van der Waals surface area contributed by atoms with Crippen molar-refractivity contribution in [2.24, 2.45) is 7.05 Å². The molecule has 3 nitrogen and oxygen atoms in total. The van der Waals surface area contributed by atoms with Gasteiger partial charge in [-0.3, -0.25) is 0 Å². The number of aromatic nitrogens is 2. The Balaban J connectivity index is 2.18. The molecule has 0 aliphatic heterocycles. The Labute approximate surface area is 78.4 Å². The summed E-state index contributed by atoms with van der Waals surface area (Å²) in [5, 5.41) is 9.23. The molecule has 1 fully saturated rings. The van der Waals surface area contributed by atoms with E-state index in [-0.39, 0.29) is 5.88 Å². The van der Waals surface area contributed by atoms with Crippen LogP contribution in [0.15, 0.2) is 6.20 Å². The number of hydrogen-bond donors (Lipinski definition) is 1. The maximum Gasteiger partial charge on any atom is 0.229 e. The Morgan fingerprint density at radius 1 is 1.38 bits per heavy atom. The first kappa shape index (κ1) is 8.60. The van der Waals surface area contributed by atoms with Gasteiger partial charge in [-0.2, -0.15) is 4.98 Å². The number of aromatic hydroxyl groups is 1. The molecular formula is C10H16N2O. The standard InChI is InChI=1S/C10H16N2O/c1-12-7-9(13)11-10(12)8-5-3-2-4-6-8/h7-8,13H,2-6H2,1H3. The summed E-state index contributed by atoms with van der Waals surface area (Å²) in [6.45, 7) is 0. The molecule has 0 spiro atoms. The van der Waals surface area contributed by atoms with E-state index in [9.17, 15) is 5.11 Å². The van der Waals surface area contributed by atoms with Gasteiger partial charge in [-0.15, -0.1) is 0 Å². The molecular weight excluding hydrogens is 164 g/mol. The lowest BCUT2D eigenvalue weighted by atomic mass is 9.89. The van der Waals surface area contributed by atoms with Crippen molar-refractivity contribution in [2.75, 3.05) is 0 Å². The topological polar surface area (TPSA) is 38.0 Å². The van der Waals surface area contributed by atoms with E-state index >= 15 is 0 Å². The monoisotopic (exact) mass is 180 g/mol. The number of aryl methyl sites for hydroxylation is 1. The van der Waals surface area contributed by atoms with Crippen molar-refractivity contribution in [1.82, 2.24) is 9.55 Å². The van der Waals surface area contributed by atoms with Crippen molar-refractivity contribution in [1.29, 1.82) is 0 Å². The van der Waals surface area contributed by atoms with Gasteiger partial charge in [0, 0.05) is 13.0 Å². The third kappa shape index (κ3) is 1.69. The highest BCUT2D eigenvalue weighted by Gasteiger charge is 2.19. The lowest BCUT2D eigenvalue weighted by molar-refractivity contribution is 0.416. The molecule has 0 atom stereocenters. The summed E-state index contributed by atoms with van der Waals surface area (Å²) in [6.07, 6.45) is 8.10. The molecule has 1 aliphatic carbocycles. The lowest BCUT2D eigenvalue weighted by Crippen LogP contribution is -2.09. The molecule has 13 heavy (non-hydrogen) atoms. The molecule has 2 rings (SSSR count). The predicted molar refractivity (Wildman–Crippen MR) is 50.7 cm³/mol. The third-order valence-corrected chi connectivity index (χ3v) is 2.87. The van der Waals surface area contributed by atoms with E-state index in [4.69, 9.17) is 0 Å². The highest BCUT2D eigenvalue weighted by atomic mass is 16.3. The summed E-state index contributed by atoms with van der Waals surface area (Å²) in [5.74, 6) is 1.78. The van der Waals surface area contributed by atoms with Gasteiger partial charge >= 0.3 is 0 Å². The summed E-state index contributed by atoms with van der Waals surface area (Å²) in [6, 6.07) is 0. The Kier molecular flexibility index (Phi) is 2.25. The fourth-order valence-corrected chi connectivity index (χ4v) is 2.20. The lowest BCUT2D eigenvalue weighted by Gasteiger charge is -2.20. The highest BCUT2D eigenvalue weighted by molar-refractivity contribution is 5.11. The van der Waals surface area contributed by atoms with Crippen molar-refractivity contribution in [3.05, 3.63) is 12.0 Å². The zero-order valence-corrected chi connectivity index (χ0v) is 8.03. The Morgan fingerprint density at radius 3 is 2.62 bits per heavy atom. The number of hydrogen-bond acceptors (Lipinski definition) is 2. The van der Waals surface area contributed by atoms with Crippen LogP contribution in [-0.2, 0) is 7.05 Å². The summed E-state index contributed by atoms with van der Waals surface area (Å²) in [4.78, 5) is 4.15. The minimum absolute atomic E-state index is 0.156. The summed E-state index contributed by atoms with van der Waals surface area (Å²) < 4.78 is 1.95. The molecule has 3 heteroatoms. The first-order valence-electron chi connectivity index (χ1n) is 4.99. The fourth-order valence-electron chi connectivity index (χ4n) is 2.20. The van der Waals surface area contributed by atoms with Crippen molar-refractivity contribution in [2.45, 2.75) is 38.0 Å². The van der Waals surface area contributed by atoms with Crippen molar-refractivity contribution >= 4 is 0 Å². The van der Waals surface area contributed by atoms with E-state index < -0.39 is 0 Å². The molecule has 0 radical (unpaired) electrons. The van der Waals surface area contributed by atoms with Crippen LogP contribution in [-0.4, -0.2) is 14.7 Å². The average molecular weight is 180 g/mol. The zero-order chi connectivity index (χ0) is 9.26. The molecule has 1 N–H and O–H groups in total. The van der Waals surface area contributed by atoms with Crippen LogP contribution in [0, 0.1) is 0 Å². The highest BCUT2D eigenvalue weighted by Crippen LogP contribution is 2.32. The second kappa shape index (κ2) is 3.40. The van der Waals surface area contributed by atoms with Crippen LogP contribution in [0.4, 0.5) is 0 Å². The van der Waals surface area contributed by atoms with E-state index in [0.29, 0.717) is 5.92 Å². The summed E-state index contributed by atoms with van der Waals surface area (Å²) >= 11 is 0. The zero-order valence-electron chi connectivity index (χ0n) is 8.03. The van der Waals surface area contributed by atoms with Crippen LogP contribution in [0.3, 0.4) is 0 Å². The molecule has 1 aliphatic rings. The first-order valence-corrected chi connectivity index (χ1v) is 4.99. The molecule has 0 saturated heterocycles. The van der Waals surface area contributed by atoms with Gasteiger partial charge in [-0.1, -0.05) is 19.3 Å². The predicted octanol–water partition coefficient (Wildman–Crippen LogP) is 2.17. The minimum atomic E-state index is 0.156. The Hall–Kier alpha value is -0.990. The third-order valence-electron chi connectivity index (χ3n) is 2.87. The molecule has 0 amide bonds. The van der Waals surface area contributed by atoms with Crippen LogP contribution in [0.1, 0.15) is 43.8 Å². The maximum atomic E-state index is 9.23. The van der Waals surface area contributed by atoms with Gasteiger partial charge in [-0.25, -0.2) is 0 Å². The van der Waals surface area contributed by atoms with Gasteiger partial charge in [-0.05, 0) is 12.8 Å². The normalized spacial score (nSPS) is 19.2. The minimum Gasteiger partial charge on any atom is -0.492 e. The fraction of sp³-hybridized carbons (Fsp3) is 0.700. The summed E-state index contributed by atoms with van der Waals surface area (Å²) in [5.41, 5.74) is 0. The van der Waals surface area contributed by atoms with Crippen molar-refractivity contribution in [3.8, 4) is 5.88 Å². The molecule has 1 aromatic rings. The van der Waals surface area contributed by atoms with Crippen LogP contribution in [0.2, 0.25) is 0 Å². The van der Waals surface area contributed by atoms with Crippen LogP contribution in [0.5, 0.6) is 5.88 Å². The van der Waals surface area contributed by atoms with Gasteiger partial charge in [0.25, 0.3) is 0 Å². The van der Waals surface area contributed by atoms with E-state index in [2.05, 4.69) is 4.98 Å².